The number of rotatable bonds is 6. The molecule has 0 spiro atoms. The molecule has 3 aromatic rings. The number of fused-ring (bicyclic) bond motifs is 4. The van der Waals surface area contributed by atoms with E-state index in [1.807, 2.05) is 30.3 Å². The maximum Gasteiger partial charge on any atom is 0.420 e. The number of ether oxygens (including phenoxy) is 2. The Morgan fingerprint density at radius 2 is 1.77 bits per heavy atom. The van der Waals surface area contributed by atoms with Crippen molar-refractivity contribution < 1.29 is 19.1 Å². The predicted octanol–water partition coefficient (Wildman–Crippen LogP) is 5.83. The minimum absolute atomic E-state index is 0.0971. The van der Waals surface area contributed by atoms with E-state index in [2.05, 4.69) is 33.1 Å². The number of aromatic nitrogens is 2. The SMILES string of the molecule is COC(=O)CC1C2CCCC1CN(Cc1ccc3c(c1)N(C(=O)OCc1ccccc1)c1nccnc1S3)C2. The Hall–Kier alpha value is -3.43. The molecule has 1 saturated heterocycles. The third kappa shape index (κ3) is 5.51. The number of likely N-dealkylation sites (tertiary alicyclic amines) is 1. The molecule has 2 bridgehead atoms. The van der Waals surface area contributed by atoms with Crippen LogP contribution in [-0.4, -0.2) is 47.1 Å². The summed E-state index contributed by atoms with van der Waals surface area (Å²) < 4.78 is 10.7. The van der Waals surface area contributed by atoms with Crippen LogP contribution in [0, 0.1) is 17.8 Å². The predicted molar refractivity (Wildman–Crippen MR) is 148 cm³/mol. The Balaban J connectivity index is 1.22. The molecule has 3 aliphatic rings. The van der Waals surface area contributed by atoms with Crippen molar-refractivity contribution >= 4 is 35.3 Å². The minimum atomic E-state index is -0.475. The number of methoxy groups -OCH3 is 1. The van der Waals surface area contributed by atoms with Gasteiger partial charge in [-0.2, -0.15) is 0 Å². The normalized spacial score (nSPS) is 22.0. The van der Waals surface area contributed by atoms with E-state index in [1.54, 1.807) is 17.3 Å². The number of hydrogen-bond donors (Lipinski definition) is 0. The topological polar surface area (TPSA) is 84.9 Å². The summed E-state index contributed by atoms with van der Waals surface area (Å²) in [6, 6.07) is 15.9. The monoisotopic (exact) mass is 544 g/mol. The first-order chi connectivity index (χ1) is 19.1. The highest BCUT2D eigenvalue weighted by Crippen LogP contribution is 2.47. The molecule has 0 radical (unpaired) electrons. The fraction of sp³-hybridized carbons (Fsp3) is 0.400. The quantitative estimate of drug-likeness (QED) is 0.359. The highest BCUT2D eigenvalue weighted by atomic mass is 32.2. The standard InChI is InChI=1S/C30H32N4O4S/c1-37-27(35)15-24-22-8-5-9-23(24)18-33(17-22)16-21-10-11-26-25(14-21)34(28-29(39-26)32-13-12-31-28)30(36)38-19-20-6-3-2-4-7-20/h2-4,6-7,10-14,22-24H,5,8-9,15-19H2,1H3. The molecular formula is C30H32N4O4S. The van der Waals surface area contributed by atoms with Crippen LogP contribution >= 0.6 is 11.8 Å². The highest BCUT2D eigenvalue weighted by Gasteiger charge is 2.40. The summed E-state index contributed by atoms with van der Waals surface area (Å²) in [7, 11) is 1.48. The molecule has 2 atom stereocenters. The van der Waals surface area contributed by atoms with Gasteiger partial charge < -0.3 is 9.47 Å². The van der Waals surface area contributed by atoms with E-state index in [0.29, 0.717) is 35.0 Å². The number of benzene rings is 2. The lowest BCUT2D eigenvalue weighted by Gasteiger charge is -2.47. The van der Waals surface area contributed by atoms with Gasteiger partial charge in [0.15, 0.2) is 5.82 Å². The molecule has 6 rings (SSSR count). The lowest BCUT2D eigenvalue weighted by Crippen LogP contribution is -2.48. The van der Waals surface area contributed by atoms with Gasteiger partial charge in [0.25, 0.3) is 0 Å². The van der Waals surface area contributed by atoms with Gasteiger partial charge in [0.05, 0.1) is 12.8 Å². The first-order valence-electron chi connectivity index (χ1n) is 13.5. The number of amides is 1. The number of hydrogen-bond acceptors (Lipinski definition) is 8. The zero-order chi connectivity index (χ0) is 26.8. The molecule has 8 nitrogen and oxygen atoms in total. The number of anilines is 2. The summed E-state index contributed by atoms with van der Waals surface area (Å²) in [5.41, 5.74) is 2.82. The average Bonchev–Trinajstić information content (AvgIpc) is 2.95. The second-order valence-corrected chi connectivity index (χ2v) is 11.6. The summed E-state index contributed by atoms with van der Waals surface area (Å²) in [5.74, 6) is 1.82. The molecule has 9 heteroatoms. The number of piperidine rings is 1. The number of esters is 1. The van der Waals surface area contributed by atoms with E-state index in [9.17, 15) is 9.59 Å². The van der Waals surface area contributed by atoms with Crippen molar-refractivity contribution in [2.75, 3.05) is 25.1 Å². The third-order valence-corrected chi connectivity index (χ3v) is 9.15. The van der Waals surface area contributed by atoms with Crippen LogP contribution in [0.3, 0.4) is 0 Å². The molecule has 1 saturated carbocycles. The van der Waals surface area contributed by atoms with Gasteiger partial charge in [-0.3, -0.25) is 9.69 Å². The Morgan fingerprint density at radius 1 is 1.00 bits per heavy atom. The number of carbonyl (C=O) groups excluding carboxylic acids is 2. The summed E-state index contributed by atoms with van der Waals surface area (Å²) in [6.07, 6.45) is 6.84. The molecule has 1 aliphatic carbocycles. The van der Waals surface area contributed by atoms with Crippen LogP contribution < -0.4 is 4.90 Å². The Labute approximate surface area is 232 Å². The Bertz CT molecular complexity index is 1340. The van der Waals surface area contributed by atoms with Gasteiger partial charge in [-0.15, -0.1) is 0 Å². The lowest BCUT2D eigenvalue weighted by atomic mass is 9.67. The second kappa shape index (κ2) is 11.4. The lowest BCUT2D eigenvalue weighted by molar-refractivity contribution is -0.144. The summed E-state index contributed by atoms with van der Waals surface area (Å²) >= 11 is 1.51. The van der Waals surface area contributed by atoms with E-state index >= 15 is 0 Å². The molecule has 1 aromatic heterocycles. The summed E-state index contributed by atoms with van der Waals surface area (Å²) in [6.45, 7) is 2.91. The molecule has 2 aromatic carbocycles. The van der Waals surface area contributed by atoms with Crippen molar-refractivity contribution in [3.05, 3.63) is 72.1 Å². The minimum Gasteiger partial charge on any atom is -0.469 e. The van der Waals surface area contributed by atoms with Gasteiger partial charge in [0.1, 0.15) is 11.6 Å². The van der Waals surface area contributed by atoms with Gasteiger partial charge in [0.2, 0.25) is 0 Å². The first kappa shape index (κ1) is 25.8. The molecule has 39 heavy (non-hydrogen) atoms. The Kier molecular flexibility index (Phi) is 7.52. The zero-order valence-corrected chi connectivity index (χ0v) is 22.8. The van der Waals surface area contributed by atoms with E-state index in [4.69, 9.17) is 9.47 Å². The van der Waals surface area contributed by atoms with Crippen LogP contribution in [0.2, 0.25) is 0 Å². The second-order valence-electron chi connectivity index (χ2n) is 10.6. The van der Waals surface area contributed by atoms with Crippen molar-refractivity contribution in [1.82, 2.24) is 14.9 Å². The van der Waals surface area contributed by atoms with E-state index < -0.39 is 6.09 Å². The molecular weight excluding hydrogens is 512 g/mol. The summed E-state index contributed by atoms with van der Waals surface area (Å²) in [5, 5.41) is 0.676. The third-order valence-electron chi connectivity index (χ3n) is 8.10. The fourth-order valence-corrected chi connectivity index (χ4v) is 7.24. The van der Waals surface area contributed by atoms with Crippen molar-refractivity contribution in [2.24, 2.45) is 17.8 Å². The number of nitrogens with zero attached hydrogens (tertiary/aromatic N) is 4. The van der Waals surface area contributed by atoms with Crippen LogP contribution in [0.25, 0.3) is 0 Å². The number of carbonyl (C=O) groups is 2. The van der Waals surface area contributed by atoms with Gasteiger partial charge in [-0.25, -0.2) is 19.7 Å². The van der Waals surface area contributed by atoms with E-state index in [-0.39, 0.29) is 12.6 Å². The maximum absolute atomic E-state index is 13.5. The molecule has 2 fully saturated rings. The molecule has 1 amide bonds. The van der Waals surface area contributed by atoms with Crippen molar-refractivity contribution in [3.8, 4) is 0 Å². The molecule has 2 unspecified atom stereocenters. The van der Waals surface area contributed by atoms with E-state index in [0.717, 1.165) is 54.2 Å². The fourth-order valence-electron chi connectivity index (χ4n) is 6.30. The highest BCUT2D eigenvalue weighted by molar-refractivity contribution is 7.99. The maximum atomic E-state index is 13.5. The molecule has 3 heterocycles. The van der Waals surface area contributed by atoms with Crippen LogP contribution in [0.4, 0.5) is 16.3 Å². The van der Waals surface area contributed by atoms with Gasteiger partial charge in [0, 0.05) is 43.3 Å². The van der Waals surface area contributed by atoms with E-state index in [1.165, 1.54) is 25.3 Å². The van der Waals surface area contributed by atoms with Crippen molar-refractivity contribution in [3.63, 3.8) is 0 Å². The van der Waals surface area contributed by atoms with Gasteiger partial charge in [-0.1, -0.05) is 54.6 Å². The van der Waals surface area contributed by atoms with Crippen LogP contribution in [-0.2, 0) is 27.4 Å². The molecule has 0 N–H and O–H groups in total. The van der Waals surface area contributed by atoms with Crippen molar-refractivity contribution in [2.45, 2.75) is 48.8 Å². The van der Waals surface area contributed by atoms with Crippen LogP contribution in [0.1, 0.15) is 36.8 Å². The Morgan fingerprint density at radius 3 is 2.54 bits per heavy atom. The smallest absolute Gasteiger partial charge is 0.420 e. The van der Waals surface area contributed by atoms with Gasteiger partial charge in [-0.05, 0) is 53.9 Å². The average molecular weight is 545 g/mol. The zero-order valence-electron chi connectivity index (χ0n) is 22.0. The van der Waals surface area contributed by atoms with Crippen LogP contribution in [0.15, 0.2) is 70.8 Å². The van der Waals surface area contributed by atoms with Crippen LogP contribution in [0.5, 0.6) is 0 Å². The summed E-state index contributed by atoms with van der Waals surface area (Å²) in [4.78, 5) is 39.4. The first-order valence-corrected chi connectivity index (χ1v) is 14.3. The molecule has 2 aliphatic heterocycles. The molecule has 202 valence electrons. The van der Waals surface area contributed by atoms with Gasteiger partial charge >= 0.3 is 12.1 Å². The largest absolute Gasteiger partial charge is 0.469 e. The van der Waals surface area contributed by atoms with Crippen molar-refractivity contribution in [1.29, 1.82) is 0 Å².